The summed E-state index contributed by atoms with van der Waals surface area (Å²) in [5, 5.41) is 0. The third-order valence-corrected chi connectivity index (χ3v) is 6.42. The van der Waals surface area contributed by atoms with Crippen molar-refractivity contribution in [2.75, 3.05) is 39.3 Å². The molecule has 142 valence electrons. The minimum atomic E-state index is 0.0293. The Morgan fingerprint density at radius 2 is 1.92 bits per heavy atom. The first kappa shape index (κ1) is 17.9. The van der Waals surface area contributed by atoms with E-state index in [0.29, 0.717) is 11.7 Å². The van der Waals surface area contributed by atoms with Crippen LogP contribution in [0.15, 0.2) is 18.6 Å². The first-order valence-electron chi connectivity index (χ1n) is 10.3. The molecule has 6 heteroatoms. The van der Waals surface area contributed by atoms with Gasteiger partial charge in [-0.1, -0.05) is 6.92 Å². The molecular formula is C20H31N5O. The lowest BCUT2D eigenvalue weighted by molar-refractivity contribution is 0.0598. The maximum Gasteiger partial charge on any atom is 0.274 e. The lowest BCUT2D eigenvalue weighted by atomic mass is 9.95. The highest BCUT2D eigenvalue weighted by molar-refractivity contribution is 5.92. The van der Waals surface area contributed by atoms with Gasteiger partial charge in [0.1, 0.15) is 5.69 Å². The van der Waals surface area contributed by atoms with Gasteiger partial charge in [0.05, 0.1) is 6.20 Å². The fourth-order valence-electron chi connectivity index (χ4n) is 5.08. The van der Waals surface area contributed by atoms with E-state index in [0.717, 1.165) is 37.9 Å². The second kappa shape index (κ2) is 8.01. The zero-order valence-electron chi connectivity index (χ0n) is 15.9. The van der Waals surface area contributed by atoms with Crippen LogP contribution in [0.4, 0.5) is 0 Å². The molecule has 1 aromatic heterocycles. The van der Waals surface area contributed by atoms with Crippen molar-refractivity contribution in [1.82, 2.24) is 24.7 Å². The minimum absolute atomic E-state index is 0.0293. The van der Waals surface area contributed by atoms with Crippen LogP contribution in [0, 0.1) is 5.92 Å². The summed E-state index contributed by atoms with van der Waals surface area (Å²) in [7, 11) is 0. The molecule has 26 heavy (non-hydrogen) atoms. The van der Waals surface area contributed by atoms with Crippen molar-refractivity contribution in [3.05, 3.63) is 24.3 Å². The summed E-state index contributed by atoms with van der Waals surface area (Å²) in [6.45, 7) is 8.98. The predicted molar refractivity (Wildman–Crippen MR) is 101 cm³/mol. The highest BCUT2D eigenvalue weighted by Crippen LogP contribution is 2.31. The molecule has 4 aliphatic rings. The van der Waals surface area contributed by atoms with Gasteiger partial charge < -0.3 is 4.90 Å². The van der Waals surface area contributed by atoms with Crippen LogP contribution in [0.3, 0.4) is 0 Å². The maximum absolute atomic E-state index is 12.6. The Labute approximate surface area is 156 Å². The number of hydrogen-bond acceptors (Lipinski definition) is 5. The zero-order valence-corrected chi connectivity index (χ0v) is 15.9. The molecule has 6 nitrogen and oxygen atoms in total. The quantitative estimate of drug-likeness (QED) is 0.824. The molecule has 1 amide bonds. The van der Waals surface area contributed by atoms with Crippen LogP contribution in [0.2, 0.25) is 0 Å². The standard InChI is InChI=1S/C20H31N5O/c1-2-9-24-13-16-3-4-18(24)15-25(14-16)17-5-10-23(11-6-17)20(26)19-12-21-7-8-22-19/h7-8,12,16-18H,2-6,9-11,13-15H2,1H3/t16-,18-/m1/s1. The first-order valence-corrected chi connectivity index (χ1v) is 10.3. The van der Waals surface area contributed by atoms with Gasteiger partial charge in [-0.2, -0.15) is 0 Å². The molecule has 0 aliphatic carbocycles. The fourth-order valence-corrected chi connectivity index (χ4v) is 5.08. The summed E-state index contributed by atoms with van der Waals surface area (Å²) in [6.07, 6.45) is 11.0. The second-order valence-corrected chi connectivity index (χ2v) is 8.16. The topological polar surface area (TPSA) is 52.6 Å². The first-order chi connectivity index (χ1) is 12.7. The Balaban J connectivity index is 1.34. The normalized spacial score (nSPS) is 28.3. The maximum atomic E-state index is 12.6. The van der Waals surface area contributed by atoms with Gasteiger partial charge in [-0.25, -0.2) is 4.98 Å². The number of nitrogens with zero attached hydrogens (tertiary/aromatic N) is 5. The van der Waals surface area contributed by atoms with Crippen molar-refractivity contribution >= 4 is 5.91 Å². The van der Waals surface area contributed by atoms with E-state index in [1.54, 1.807) is 18.6 Å². The molecule has 0 N–H and O–H groups in total. The van der Waals surface area contributed by atoms with Crippen LogP contribution in [-0.2, 0) is 0 Å². The van der Waals surface area contributed by atoms with Crippen molar-refractivity contribution in [2.24, 2.45) is 5.92 Å². The largest absolute Gasteiger partial charge is 0.337 e. The molecule has 2 atom stereocenters. The van der Waals surface area contributed by atoms with Crippen LogP contribution in [0.25, 0.3) is 0 Å². The minimum Gasteiger partial charge on any atom is -0.337 e. The van der Waals surface area contributed by atoms with Crippen molar-refractivity contribution in [1.29, 1.82) is 0 Å². The van der Waals surface area contributed by atoms with Gasteiger partial charge in [0, 0.05) is 57.2 Å². The van der Waals surface area contributed by atoms with Crippen LogP contribution in [0.1, 0.15) is 49.5 Å². The number of aromatic nitrogens is 2. The average Bonchev–Trinajstić information content (AvgIpc) is 3.00. The Morgan fingerprint density at radius 1 is 1.08 bits per heavy atom. The van der Waals surface area contributed by atoms with Gasteiger partial charge in [-0.15, -0.1) is 0 Å². The van der Waals surface area contributed by atoms with Gasteiger partial charge in [0.15, 0.2) is 0 Å². The van der Waals surface area contributed by atoms with Crippen LogP contribution >= 0.6 is 0 Å². The molecule has 4 fully saturated rings. The summed E-state index contributed by atoms with van der Waals surface area (Å²) in [6, 6.07) is 1.37. The number of carbonyl (C=O) groups is 1. The number of hydrogen-bond donors (Lipinski definition) is 0. The molecule has 5 heterocycles. The molecule has 0 spiro atoms. The monoisotopic (exact) mass is 357 g/mol. The van der Waals surface area contributed by atoms with E-state index in [2.05, 4.69) is 26.7 Å². The fraction of sp³-hybridized carbons (Fsp3) is 0.750. The van der Waals surface area contributed by atoms with Gasteiger partial charge in [0.2, 0.25) is 0 Å². The lowest BCUT2D eigenvalue weighted by Crippen LogP contribution is -2.49. The molecule has 2 bridgehead atoms. The third-order valence-electron chi connectivity index (χ3n) is 6.42. The van der Waals surface area contributed by atoms with Gasteiger partial charge in [0.25, 0.3) is 5.91 Å². The third kappa shape index (κ3) is 3.76. The molecule has 4 aliphatic heterocycles. The Morgan fingerprint density at radius 3 is 2.65 bits per heavy atom. The van der Waals surface area contributed by atoms with E-state index in [4.69, 9.17) is 0 Å². The van der Waals surface area contributed by atoms with Crippen molar-refractivity contribution in [2.45, 2.75) is 51.1 Å². The molecule has 0 radical (unpaired) electrons. The summed E-state index contributed by atoms with van der Waals surface area (Å²) >= 11 is 0. The summed E-state index contributed by atoms with van der Waals surface area (Å²) in [4.78, 5) is 28.2. The summed E-state index contributed by atoms with van der Waals surface area (Å²) in [5.74, 6) is 0.862. The average molecular weight is 358 g/mol. The van der Waals surface area contributed by atoms with E-state index in [9.17, 15) is 4.79 Å². The molecule has 0 unspecified atom stereocenters. The number of piperidine rings is 2. The van der Waals surface area contributed by atoms with Crippen LogP contribution in [-0.4, -0.2) is 81.9 Å². The molecule has 1 aromatic rings. The van der Waals surface area contributed by atoms with Crippen molar-refractivity contribution < 1.29 is 4.79 Å². The Kier molecular flexibility index (Phi) is 5.50. The summed E-state index contributed by atoms with van der Waals surface area (Å²) < 4.78 is 0. The SMILES string of the molecule is CCCN1C[C@H]2CC[C@@H]1CN(C1CCN(C(=O)c3cnccn3)CC1)C2. The van der Waals surface area contributed by atoms with E-state index in [1.165, 1.54) is 45.4 Å². The smallest absolute Gasteiger partial charge is 0.274 e. The zero-order chi connectivity index (χ0) is 17.9. The van der Waals surface area contributed by atoms with Crippen molar-refractivity contribution in [3.8, 4) is 0 Å². The molecule has 4 saturated heterocycles. The number of amides is 1. The number of rotatable bonds is 4. The Hall–Kier alpha value is -1.53. The van der Waals surface area contributed by atoms with E-state index in [-0.39, 0.29) is 5.91 Å². The van der Waals surface area contributed by atoms with Crippen LogP contribution in [0.5, 0.6) is 0 Å². The van der Waals surface area contributed by atoms with E-state index in [1.807, 2.05) is 4.90 Å². The predicted octanol–water partition coefficient (Wildman–Crippen LogP) is 1.89. The molecule has 0 aromatic carbocycles. The van der Waals surface area contributed by atoms with Gasteiger partial charge >= 0.3 is 0 Å². The number of fused-ring (bicyclic) bond motifs is 4. The van der Waals surface area contributed by atoms with Gasteiger partial charge in [-0.3, -0.25) is 19.6 Å². The summed E-state index contributed by atoms with van der Waals surface area (Å²) in [5.41, 5.74) is 0.467. The second-order valence-electron chi connectivity index (χ2n) is 8.16. The molecule has 0 saturated carbocycles. The lowest BCUT2D eigenvalue weighted by Gasteiger charge is -2.39. The van der Waals surface area contributed by atoms with Crippen molar-refractivity contribution in [3.63, 3.8) is 0 Å². The van der Waals surface area contributed by atoms with E-state index >= 15 is 0 Å². The molecule has 5 rings (SSSR count). The van der Waals surface area contributed by atoms with E-state index < -0.39 is 0 Å². The number of likely N-dealkylation sites (tertiary alicyclic amines) is 1. The van der Waals surface area contributed by atoms with Crippen LogP contribution < -0.4 is 0 Å². The Bertz CT molecular complexity index is 601. The highest BCUT2D eigenvalue weighted by atomic mass is 16.2. The molecular weight excluding hydrogens is 326 g/mol. The highest BCUT2D eigenvalue weighted by Gasteiger charge is 2.37. The van der Waals surface area contributed by atoms with Gasteiger partial charge in [-0.05, 0) is 44.6 Å². The number of carbonyl (C=O) groups excluding carboxylic acids is 1.